The predicted octanol–water partition coefficient (Wildman–Crippen LogP) is 1.46. The van der Waals surface area contributed by atoms with Gasteiger partial charge in [-0.1, -0.05) is 19.8 Å². The lowest BCUT2D eigenvalue weighted by molar-refractivity contribution is -0.0109. The minimum atomic E-state index is -0.808. The molecule has 1 fully saturated rings. The van der Waals surface area contributed by atoms with Crippen molar-refractivity contribution in [3.63, 3.8) is 0 Å². The number of aromatic nitrogens is 1. The molecule has 5 nitrogen and oxygen atoms in total. The summed E-state index contributed by atoms with van der Waals surface area (Å²) in [6.45, 7) is 2.36. The second-order valence-corrected chi connectivity index (χ2v) is 5.54. The van der Waals surface area contributed by atoms with Gasteiger partial charge in [-0.25, -0.2) is 0 Å². The molecule has 0 spiro atoms. The van der Waals surface area contributed by atoms with Crippen molar-refractivity contribution in [2.75, 3.05) is 6.54 Å². The molecular weight excluding hydrogens is 244 g/mol. The number of amides is 1. The molecule has 19 heavy (non-hydrogen) atoms. The van der Waals surface area contributed by atoms with E-state index in [2.05, 4.69) is 17.2 Å². The first-order valence-electron chi connectivity index (χ1n) is 6.63. The first-order chi connectivity index (χ1) is 8.98. The highest BCUT2D eigenvalue weighted by molar-refractivity contribution is 5.94. The zero-order chi connectivity index (χ0) is 13.9. The molecule has 1 aromatic rings. The van der Waals surface area contributed by atoms with E-state index in [1.54, 1.807) is 0 Å². The van der Waals surface area contributed by atoms with Crippen LogP contribution >= 0.6 is 0 Å². The van der Waals surface area contributed by atoms with E-state index in [-0.39, 0.29) is 18.2 Å². The Morgan fingerprint density at radius 1 is 1.58 bits per heavy atom. The van der Waals surface area contributed by atoms with Gasteiger partial charge in [0.25, 0.3) is 5.91 Å². The van der Waals surface area contributed by atoms with E-state index in [1.165, 1.54) is 18.5 Å². The summed E-state index contributed by atoms with van der Waals surface area (Å²) in [6, 6.07) is 1.36. The monoisotopic (exact) mass is 264 g/mol. The molecule has 0 bridgehead atoms. The van der Waals surface area contributed by atoms with Crippen LogP contribution in [0.4, 0.5) is 0 Å². The molecule has 1 heterocycles. The summed E-state index contributed by atoms with van der Waals surface area (Å²) in [4.78, 5) is 15.6. The second kappa shape index (κ2) is 5.57. The first kappa shape index (κ1) is 13.8. The molecule has 0 aliphatic heterocycles. The Balaban J connectivity index is 1.93. The van der Waals surface area contributed by atoms with Crippen molar-refractivity contribution in [1.29, 1.82) is 0 Å². The Morgan fingerprint density at radius 2 is 2.37 bits per heavy atom. The molecule has 2 atom stereocenters. The van der Waals surface area contributed by atoms with Crippen molar-refractivity contribution in [3.8, 4) is 5.75 Å². The quantitative estimate of drug-likeness (QED) is 0.772. The summed E-state index contributed by atoms with van der Waals surface area (Å²) < 4.78 is 0. The summed E-state index contributed by atoms with van der Waals surface area (Å²) in [6.07, 6.45) is 6.21. The van der Waals surface area contributed by atoms with Gasteiger partial charge in [-0.2, -0.15) is 0 Å². The number of hydrogen-bond donors (Lipinski definition) is 3. The van der Waals surface area contributed by atoms with E-state index in [0.717, 1.165) is 19.3 Å². The molecule has 1 aromatic heterocycles. The average Bonchev–Trinajstić information content (AvgIpc) is 2.36. The standard InChI is InChI=1S/C14H20N2O3/c1-10-3-2-4-14(19,6-10)9-16-13(18)11-5-12(17)8-15-7-11/h5,7-8,10,17,19H,2-4,6,9H2,1H3,(H,16,18). The molecule has 1 aliphatic carbocycles. The Labute approximate surface area is 112 Å². The van der Waals surface area contributed by atoms with Crippen LogP contribution in [0.5, 0.6) is 5.75 Å². The summed E-state index contributed by atoms with van der Waals surface area (Å²) in [7, 11) is 0. The minimum Gasteiger partial charge on any atom is -0.506 e. The maximum Gasteiger partial charge on any atom is 0.253 e. The van der Waals surface area contributed by atoms with Gasteiger partial charge in [-0.05, 0) is 24.8 Å². The third-order valence-corrected chi connectivity index (χ3v) is 3.63. The van der Waals surface area contributed by atoms with Crippen LogP contribution in [0.1, 0.15) is 43.0 Å². The van der Waals surface area contributed by atoms with Crippen LogP contribution < -0.4 is 5.32 Å². The first-order valence-corrected chi connectivity index (χ1v) is 6.63. The number of aromatic hydroxyl groups is 1. The molecule has 5 heteroatoms. The van der Waals surface area contributed by atoms with Crippen molar-refractivity contribution >= 4 is 5.91 Å². The number of nitrogens with one attached hydrogen (secondary N) is 1. The van der Waals surface area contributed by atoms with Crippen molar-refractivity contribution in [1.82, 2.24) is 10.3 Å². The molecule has 0 aromatic carbocycles. The topological polar surface area (TPSA) is 82.5 Å². The normalized spacial score (nSPS) is 26.9. The van der Waals surface area contributed by atoms with Gasteiger partial charge in [0, 0.05) is 12.7 Å². The van der Waals surface area contributed by atoms with Crippen molar-refractivity contribution in [2.24, 2.45) is 5.92 Å². The minimum absolute atomic E-state index is 0.0438. The Hall–Kier alpha value is -1.62. The van der Waals surface area contributed by atoms with E-state index in [9.17, 15) is 15.0 Å². The fourth-order valence-electron chi connectivity index (χ4n) is 2.69. The van der Waals surface area contributed by atoms with Crippen LogP contribution in [0.3, 0.4) is 0 Å². The van der Waals surface area contributed by atoms with Crippen LogP contribution in [-0.2, 0) is 0 Å². The number of aliphatic hydroxyl groups is 1. The molecule has 2 unspecified atom stereocenters. The van der Waals surface area contributed by atoms with Gasteiger partial charge in [0.05, 0.1) is 17.4 Å². The lowest BCUT2D eigenvalue weighted by Gasteiger charge is -2.35. The van der Waals surface area contributed by atoms with E-state index < -0.39 is 5.60 Å². The summed E-state index contributed by atoms with van der Waals surface area (Å²) in [5.41, 5.74) is -0.509. The molecular formula is C14H20N2O3. The van der Waals surface area contributed by atoms with Crippen molar-refractivity contribution in [2.45, 2.75) is 38.2 Å². The number of carbonyl (C=O) groups is 1. The van der Waals surface area contributed by atoms with Gasteiger partial charge < -0.3 is 15.5 Å². The van der Waals surface area contributed by atoms with Gasteiger partial charge in [0.15, 0.2) is 0 Å². The SMILES string of the molecule is CC1CCCC(O)(CNC(=O)c2cncc(O)c2)C1. The number of rotatable bonds is 3. The molecule has 2 rings (SSSR count). The zero-order valence-corrected chi connectivity index (χ0v) is 11.1. The third kappa shape index (κ3) is 3.67. The van der Waals surface area contributed by atoms with Gasteiger partial charge in [0.1, 0.15) is 5.75 Å². The van der Waals surface area contributed by atoms with Gasteiger partial charge in [-0.3, -0.25) is 9.78 Å². The largest absolute Gasteiger partial charge is 0.506 e. The molecule has 3 N–H and O–H groups in total. The smallest absolute Gasteiger partial charge is 0.253 e. The second-order valence-electron chi connectivity index (χ2n) is 5.54. The van der Waals surface area contributed by atoms with Crippen molar-refractivity contribution in [3.05, 3.63) is 24.0 Å². The average molecular weight is 264 g/mol. The van der Waals surface area contributed by atoms with Crippen LogP contribution in [0.25, 0.3) is 0 Å². The van der Waals surface area contributed by atoms with Crippen LogP contribution in [-0.4, -0.2) is 33.3 Å². The Morgan fingerprint density at radius 3 is 3.05 bits per heavy atom. The van der Waals surface area contributed by atoms with Crippen LogP contribution in [0, 0.1) is 5.92 Å². The van der Waals surface area contributed by atoms with Gasteiger partial charge in [-0.15, -0.1) is 0 Å². The molecule has 1 amide bonds. The lowest BCUT2D eigenvalue weighted by atomic mass is 9.79. The maximum atomic E-state index is 11.9. The molecule has 1 saturated carbocycles. The number of pyridine rings is 1. The fourth-order valence-corrected chi connectivity index (χ4v) is 2.69. The molecule has 0 radical (unpaired) electrons. The summed E-state index contributed by atoms with van der Waals surface area (Å²) >= 11 is 0. The van der Waals surface area contributed by atoms with Gasteiger partial charge in [0.2, 0.25) is 0 Å². The van der Waals surface area contributed by atoms with Crippen LogP contribution in [0.15, 0.2) is 18.5 Å². The Kier molecular flexibility index (Phi) is 4.04. The van der Waals surface area contributed by atoms with Crippen molar-refractivity contribution < 1.29 is 15.0 Å². The zero-order valence-electron chi connectivity index (χ0n) is 11.1. The number of carbonyl (C=O) groups excluding carboxylic acids is 1. The van der Waals surface area contributed by atoms with E-state index in [1.807, 2.05) is 0 Å². The highest BCUT2D eigenvalue weighted by Gasteiger charge is 2.32. The molecule has 0 saturated heterocycles. The maximum absolute atomic E-state index is 11.9. The Bertz CT molecular complexity index is 464. The lowest BCUT2D eigenvalue weighted by Crippen LogP contribution is -2.45. The van der Waals surface area contributed by atoms with E-state index in [4.69, 9.17) is 0 Å². The summed E-state index contributed by atoms with van der Waals surface area (Å²) in [5, 5.41) is 22.4. The number of nitrogens with zero attached hydrogens (tertiary/aromatic N) is 1. The highest BCUT2D eigenvalue weighted by Crippen LogP contribution is 2.31. The number of hydrogen-bond acceptors (Lipinski definition) is 4. The van der Waals surface area contributed by atoms with E-state index in [0.29, 0.717) is 17.9 Å². The predicted molar refractivity (Wildman–Crippen MR) is 70.8 cm³/mol. The fraction of sp³-hybridized carbons (Fsp3) is 0.571. The van der Waals surface area contributed by atoms with Gasteiger partial charge >= 0.3 is 0 Å². The molecule has 1 aliphatic rings. The highest BCUT2D eigenvalue weighted by atomic mass is 16.3. The third-order valence-electron chi connectivity index (χ3n) is 3.63. The summed E-state index contributed by atoms with van der Waals surface area (Å²) in [5.74, 6) is 0.116. The van der Waals surface area contributed by atoms with E-state index >= 15 is 0 Å². The van der Waals surface area contributed by atoms with Crippen LogP contribution in [0.2, 0.25) is 0 Å². The molecule has 104 valence electrons.